The molecule has 1 N–H and O–H groups in total. The van der Waals surface area contributed by atoms with Crippen LogP contribution in [-0.4, -0.2) is 12.5 Å². The van der Waals surface area contributed by atoms with Crippen LogP contribution in [0.25, 0.3) is 0 Å². The van der Waals surface area contributed by atoms with Gasteiger partial charge in [0.15, 0.2) is 5.88 Å². The molecule has 2 aliphatic rings. The van der Waals surface area contributed by atoms with Gasteiger partial charge in [-0.1, -0.05) is 6.92 Å². The summed E-state index contributed by atoms with van der Waals surface area (Å²) >= 11 is 0. The Hall–Kier alpha value is -0.990. The molecule has 0 aromatic rings. The molecule has 2 aliphatic heterocycles. The Morgan fingerprint density at radius 1 is 1.62 bits per heavy atom. The molecule has 0 radical (unpaired) electrons. The molecule has 1 amide bonds. The van der Waals surface area contributed by atoms with E-state index in [0.717, 1.165) is 31.8 Å². The van der Waals surface area contributed by atoms with Gasteiger partial charge in [-0.15, -0.1) is 0 Å². The highest BCUT2D eigenvalue weighted by atomic mass is 16.5. The number of ether oxygens (including phenoxy) is 1. The van der Waals surface area contributed by atoms with Gasteiger partial charge in [0.1, 0.15) is 0 Å². The maximum Gasteiger partial charge on any atom is 0.236 e. The molecule has 1 atom stereocenters. The van der Waals surface area contributed by atoms with Gasteiger partial charge in [0.25, 0.3) is 0 Å². The normalized spacial score (nSPS) is 32.6. The van der Waals surface area contributed by atoms with Crippen molar-refractivity contribution in [2.75, 3.05) is 6.61 Å². The molecule has 0 saturated heterocycles. The molecule has 0 aromatic heterocycles. The Balaban J connectivity index is 2.37. The summed E-state index contributed by atoms with van der Waals surface area (Å²) in [7, 11) is 0. The second-order valence-corrected chi connectivity index (χ2v) is 3.90. The Labute approximate surface area is 78.1 Å². The van der Waals surface area contributed by atoms with E-state index in [9.17, 15) is 4.79 Å². The standard InChI is InChI=1S/C10H15NO2/c1-3-10(2)7-5-4-6-13-8(7)11-9(10)12/h3-6H2,1-2H3,(H,11,12). The molecular formula is C10H15NO2. The fourth-order valence-electron chi connectivity index (χ4n) is 2.01. The number of hydrogen-bond donors (Lipinski definition) is 1. The first-order chi connectivity index (χ1) is 6.18. The monoisotopic (exact) mass is 181 g/mol. The fraction of sp³-hybridized carbons (Fsp3) is 0.700. The minimum Gasteiger partial charge on any atom is -0.479 e. The molecule has 1 unspecified atom stereocenters. The van der Waals surface area contributed by atoms with Crippen LogP contribution in [0.2, 0.25) is 0 Å². The molecule has 13 heavy (non-hydrogen) atoms. The lowest BCUT2D eigenvalue weighted by atomic mass is 9.79. The molecular weight excluding hydrogens is 166 g/mol. The minimum absolute atomic E-state index is 0.0990. The zero-order valence-corrected chi connectivity index (χ0v) is 8.14. The average Bonchev–Trinajstić information content (AvgIpc) is 2.41. The van der Waals surface area contributed by atoms with Crippen molar-refractivity contribution in [1.82, 2.24) is 5.32 Å². The molecule has 0 aliphatic carbocycles. The summed E-state index contributed by atoms with van der Waals surface area (Å²) in [5.41, 5.74) is 0.863. The minimum atomic E-state index is -0.310. The summed E-state index contributed by atoms with van der Waals surface area (Å²) in [6.45, 7) is 4.78. The van der Waals surface area contributed by atoms with Crippen molar-refractivity contribution in [1.29, 1.82) is 0 Å². The zero-order valence-electron chi connectivity index (χ0n) is 8.14. The van der Waals surface area contributed by atoms with Crippen LogP contribution in [-0.2, 0) is 9.53 Å². The smallest absolute Gasteiger partial charge is 0.236 e. The number of nitrogens with one attached hydrogen (secondary N) is 1. The predicted molar refractivity (Wildman–Crippen MR) is 48.8 cm³/mol. The summed E-state index contributed by atoms with van der Waals surface area (Å²) in [5.74, 6) is 0.836. The van der Waals surface area contributed by atoms with Gasteiger partial charge < -0.3 is 4.74 Å². The summed E-state index contributed by atoms with van der Waals surface area (Å²) < 4.78 is 5.42. The number of amides is 1. The van der Waals surface area contributed by atoms with Crippen LogP contribution in [0.5, 0.6) is 0 Å². The molecule has 72 valence electrons. The molecule has 3 nitrogen and oxygen atoms in total. The SMILES string of the molecule is CCC1(C)C(=O)NC2=C1CCCO2. The van der Waals surface area contributed by atoms with Gasteiger partial charge >= 0.3 is 0 Å². The highest BCUT2D eigenvalue weighted by Gasteiger charge is 2.44. The Kier molecular flexibility index (Phi) is 1.82. The molecule has 3 heteroatoms. The van der Waals surface area contributed by atoms with E-state index in [0.29, 0.717) is 0 Å². The quantitative estimate of drug-likeness (QED) is 0.666. The molecule has 0 aromatic carbocycles. The van der Waals surface area contributed by atoms with E-state index in [2.05, 4.69) is 5.32 Å². The maximum atomic E-state index is 11.7. The van der Waals surface area contributed by atoms with E-state index < -0.39 is 0 Å². The summed E-state index contributed by atoms with van der Waals surface area (Å²) in [6.07, 6.45) is 2.88. The maximum absolute atomic E-state index is 11.7. The molecule has 2 heterocycles. The Bertz CT molecular complexity index is 283. The van der Waals surface area contributed by atoms with Crippen LogP contribution >= 0.6 is 0 Å². The Morgan fingerprint density at radius 2 is 2.38 bits per heavy atom. The predicted octanol–water partition coefficient (Wildman–Crippen LogP) is 1.55. The van der Waals surface area contributed by atoms with E-state index in [4.69, 9.17) is 4.74 Å². The van der Waals surface area contributed by atoms with E-state index >= 15 is 0 Å². The van der Waals surface area contributed by atoms with Crippen LogP contribution in [0.4, 0.5) is 0 Å². The molecule has 0 spiro atoms. The first-order valence-electron chi connectivity index (χ1n) is 4.86. The van der Waals surface area contributed by atoms with E-state index in [1.54, 1.807) is 0 Å². The van der Waals surface area contributed by atoms with Crippen molar-refractivity contribution in [3.63, 3.8) is 0 Å². The first-order valence-corrected chi connectivity index (χ1v) is 4.86. The second kappa shape index (κ2) is 2.76. The second-order valence-electron chi connectivity index (χ2n) is 3.90. The lowest BCUT2D eigenvalue weighted by Gasteiger charge is -2.24. The van der Waals surface area contributed by atoms with Gasteiger partial charge in [-0.05, 0) is 26.2 Å². The highest BCUT2D eigenvalue weighted by molar-refractivity contribution is 5.90. The van der Waals surface area contributed by atoms with Gasteiger partial charge in [0.05, 0.1) is 12.0 Å². The van der Waals surface area contributed by atoms with Gasteiger partial charge in [0.2, 0.25) is 5.91 Å². The van der Waals surface area contributed by atoms with Crippen molar-refractivity contribution < 1.29 is 9.53 Å². The van der Waals surface area contributed by atoms with E-state index in [-0.39, 0.29) is 11.3 Å². The number of rotatable bonds is 1. The van der Waals surface area contributed by atoms with Crippen LogP contribution < -0.4 is 5.32 Å². The third kappa shape index (κ3) is 1.06. The van der Waals surface area contributed by atoms with Crippen LogP contribution in [0.1, 0.15) is 33.1 Å². The zero-order chi connectivity index (χ0) is 9.47. The van der Waals surface area contributed by atoms with Gasteiger partial charge in [-0.3, -0.25) is 10.1 Å². The number of carbonyl (C=O) groups excluding carboxylic acids is 1. The molecule has 2 rings (SSSR count). The van der Waals surface area contributed by atoms with Crippen molar-refractivity contribution in [2.24, 2.45) is 5.41 Å². The average molecular weight is 181 g/mol. The summed E-state index contributed by atoms with van der Waals surface area (Å²) in [5, 5.41) is 2.82. The third-order valence-corrected chi connectivity index (χ3v) is 3.19. The van der Waals surface area contributed by atoms with E-state index in [1.807, 2.05) is 13.8 Å². The summed E-state index contributed by atoms with van der Waals surface area (Å²) in [6, 6.07) is 0. The van der Waals surface area contributed by atoms with Crippen molar-refractivity contribution in [3.05, 3.63) is 11.5 Å². The molecule has 0 bridgehead atoms. The Morgan fingerprint density at radius 3 is 3.08 bits per heavy atom. The topological polar surface area (TPSA) is 38.3 Å². The fourth-order valence-corrected chi connectivity index (χ4v) is 2.01. The summed E-state index contributed by atoms with van der Waals surface area (Å²) in [4.78, 5) is 11.7. The molecule has 0 fully saturated rings. The third-order valence-electron chi connectivity index (χ3n) is 3.19. The first kappa shape index (κ1) is 8.60. The van der Waals surface area contributed by atoms with Crippen LogP contribution in [0.15, 0.2) is 11.5 Å². The van der Waals surface area contributed by atoms with Gasteiger partial charge in [-0.2, -0.15) is 0 Å². The van der Waals surface area contributed by atoms with Gasteiger partial charge in [0, 0.05) is 5.57 Å². The van der Waals surface area contributed by atoms with Crippen LogP contribution in [0, 0.1) is 5.41 Å². The largest absolute Gasteiger partial charge is 0.479 e. The highest BCUT2D eigenvalue weighted by Crippen LogP contribution is 2.42. The van der Waals surface area contributed by atoms with Crippen LogP contribution in [0.3, 0.4) is 0 Å². The number of hydrogen-bond acceptors (Lipinski definition) is 2. The molecule has 0 saturated carbocycles. The van der Waals surface area contributed by atoms with E-state index in [1.165, 1.54) is 5.57 Å². The van der Waals surface area contributed by atoms with Crippen molar-refractivity contribution >= 4 is 5.91 Å². The van der Waals surface area contributed by atoms with Gasteiger partial charge in [-0.25, -0.2) is 0 Å². The van der Waals surface area contributed by atoms with Crippen molar-refractivity contribution in [2.45, 2.75) is 33.1 Å². The lowest BCUT2D eigenvalue weighted by molar-refractivity contribution is -0.126. The lowest BCUT2D eigenvalue weighted by Crippen LogP contribution is -2.30. The number of carbonyl (C=O) groups is 1. The van der Waals surface area contributed by atoms with Crippen molar-refractivity contribution in [3.8, 4) is 0 Å².